The first-order chi connectivity index (χ1) is 16.1. The lowest BCUT2D eigenvalue weighted by molar-refractivity contribution is -0.137. The average molecular weight is 484 g/mol. The fourth-order valence-corrected chi connectivity index (χ4v) is 3.96. The molecule has 1 aromatic heterocycles. The Bertz CT molecular complexity index is 1320. The predicted molar refractivity (Wildman–Crippen MR) is 126 cm³/mol. The molecule has 0 aliphatic rings. The van der Waals surface area contributed by atoms with Crippen molar-refractivity contribution in [2.75, 3.05) is 0 Å². The second kappa shape index (κ2) is 9.35. The topological polar surface area (TPSA) is 46.9 Å². The summed E-state index contributed by atoms with van der Waals surface area (Å²) in [5.74, 6) is -0.482. The number of carbonyl (C=O) groups is 1. The molecule has 1 heterocycles. The molecule has 0 spiro atoms. The van der Waals surface area contributed by atoms with Gasteiger partial charge in [0.1, 0.15) is 5.69 Å². The van der Waals surface area contributed by atoms with Gasteiger partial charge in [0, 0.05) is 17.3 Å². The van der Waals surface area contributed by atoms with Crippen molar-refractivity contribution in [1.29, 1.82) is 0 Å². The molecular weight excluding hydrogens is 463 g/mol. The number of hydrogen-bond donors (Lipinski definition) is 1. The summed E-state index contributed by atoms with van der Waals surface area (Å²) >= 11 is 6.03. The molecule has 174 valence electrons. The fraction of sp³-hybridized carbons (Fsp3) is 0.154. The van der Waals surface area contributed by atoms with Crippen molar-refractivity contribution in [1.82, 2.24) is 14.9 Å². The zero-order valence-electron chi connectivity index (χ0n) is 18.4. The van der Waals surface area contributed by atoms with Crippen LogP contribution in [0.3, 0.4) is 0 Å². The molecule has 0 radical (unpaired) electrons. The minimum Gasteiger partial charge on any atom is -0.347 e. The Morgan fingerprint density at radius 2 is 1.65 bits per heavy atom. The lowest BCUT2D eigenvalue weighted by Crippen LogP contribution is -2.25. The van der Waals surface area contributed by atoms with Crippen molar-refractivity contribution in [3.63, 3.8) is 0 Å². The molecular formula is C26H21ClF3N3O. The summed E-state index contributed by atoms with van der Waals surface area (Å²) in [7, 11) is 0. The van der Waals surface area contributed by atoms with Crippen LogP contribution in [-0.4, -0.2) is 15.5 Å². The van der Waals surface area contributed by atoms with Crippen LogP contribution in [-0.2, 0) is 12.7 Å². The third kappa shape index (κ3) is 5.15. The number of halogens is 4. The number of aromatic nitrogens is 2. The third-order valence-corrected chi connectivity index (χ3v) is 5.75. The Balaban J connectivity index is 1.52. The standard InChI is InChI=1S/C26H21ClF3N3O/c1-16-9-17(2)11-19(10-16)18-3-6-22(7-4-18)33-15-31-14-24(33)25(34)32-13-20-12-21(26(28,29)30)5-8-23(20)27/h3-12,14-15H,13H2,1-2H3,(H,32,34). The van der Waals surface area contributed by atoms with Gasteiger partial charge in [-0.1, -0.05) is 53.1 Å². The second-order valence-corrected chi connectivity index (χ2v) is 8.47. The summed E-state index contributed by atoms with van der Waals surface area (Å²) in [6, 6.07) is 17.0. The van der Waals surface area contributed by atoms with Crippen LogP contribution < -0.4 is 5.32 Å². The second-order valence-electron chi connectivity index (χ2n) is 8.06. The van der Waals surface area contributed by atoms with Crippen molar-refractivity contribution < 1.29 is 18.0 Å². The van der Waals surface area contributed by atoms with E-state index in [-0.39, 0.29) is 22.8 Å². The molecule has 0 unspecified atom stereocenters. The van der Waals surface area contributed by atoms with Crippen molar-refractivity contribution >= 4 is 17.5 Å². The minimum atomic E-state index is -4.49. The fourth-order valence-electron chi connectivity index (χ4n) is 3.78. The van der Waals surface area contributed by atoms with Crippen LogP contribution in [0.25, 0.3) is 16.8 Å². The van der Waals surface area contributed by atoms with E-state index in [9.17, 15) is 18.0 Å². The molecule has 3 aromatic carbocycles. The highest BCUT2D eigenvalue weighted by Crippen LogP contribution is 2.32. The summed E-state index contributed by atoms with van der Waals surface area (Å²) in [5, 5.41) is 2.77. The van der Waals surface area contributed by atoms with Crippen molar-refractivity contribution in [3.05, 3.63) is 106 Å². The number of alkyl halides is 3. The molecule has 0 aliphatic carbocycles. The van der Waals surface area contributed by atoms with Gasteiger partial charge in [0.15, 0.2) is 0 Å². The van der Waals surface area contributed by atoms with Crippen LogP contribution in [0.15, 0.2) is 73.2 Å². The van der Waals surface area contributed by atoms with Crippen LogP contribution in [0.5, 0.6) is 0 Å². The number of hydrogen-bond acceptors (Lipinski definition) is 2. The number of nitrogens with one attached hydrogen (secondary N) is 1. The average Bonchev–Trinajstić information content (AvgIpc) is 3.27. The van der Waals surface area contributed by atoms with Gasteiger partial charge in [-0.15, -0.1) is 0 Å². The Morgan fingerprint density at radius 3 is 2.29 bits per heavy atom. The SMILES string of the molecule is Cc1cc(C)cc(-c2ccc(-n3cncc3C(=O)NCc3cc(C(F)(F)F)ccc3Cl)cc2)c1. The van der Waals surface area contributed by atoms with Gasteiger partial charge in [0.2, 0.25) is 0 Å². The number of amides is 1. The number of carbonyl (C=O) groups excluding carboxylic acids is 1. The summed E-state index contributed by atoms with van der Waals surface area (Å²) in [4.78, 5) is 16.9. The first-order valence-electron chi connectivity index (χ1n) is 10.5. The molecule has 0 fully saturated rings. The van der Waals surface area contributed by atoms with Gasteiger partial charge < -0.3 is 5.32 Å². The number of imidazole rings is 1. The molecule has 1 amide bonds. The first kappa shape index (κ1) is 23.6. The van der Waals surface area contributed by atoms with E-state index in [1.54, 1.807) is 4.57 Å². The van der Waals surface area contributed by atoms with E-state index in [0.717, 1.165) is 28.9 Å². The molecule has 0 aliphatic heterocycles. The van der Waals surface area contributed by atoms with E-state index in [1.165, 1.54) is 29.7 Å². The van der Waals surface area contributed by atoms with Crippen LogP contribution in [0.1, 0.15) is 32.7 Å². The maximum Gasteiger partial charge on any atom is 0.416 e. The first-order valence-corrected chi connectivity index (χ1v) is 10.8. The molecule has 1 N–H and O–H groups in total. The Morgan fingerprint density at radius 1 is 0.971 bits per heavy atom. The molecule has 4 aromatic rings. The highest BCUT2D eigenvalue weighted by Gasteiger charge is 2.31. The maximum atomic E-state index is 13.0. The van der Waals surface area contributed by atoms with E-state index >= 15 is 0 Å². The summed E-state index contributed by atoms with van der Waals surface area (Å²) in [5.41, 5.74) is 4.83. The summed E-state index contributed by atoms with van der Waals surface area (Å²) < 4.78 is 40.6. The van der Waals surface area contributed by atoms with Crippen LogP contribution >= 0.6 is 11.6 Å². The van der Waals surface area contributed by atoms with Gasteiger partial charge in [-0.25, -0.2) is 4.98 Å². The monoisotopic (exact) mass is 483 g/mol. The normalized spacial score (nSPS) is 11.5. The third-order valence-electron chi connectivity index (χ3n) is 5.38. The van der Waals surface area contributed by atoms with E-state index < -0.39 is 17.6 Å². The smallest absolute Gasteiger partial charge is 0.347 e. The minimum absolute atomic E-state index is 0.142. The van der Waals surface area contributed by atoms with Crippen molar-refractivity contribution in [2.24, 2.45) is 0 Å². The van der Waals surface area contributed by atoms with Gasteiger partial charge >= 0.3 is 6.18 Å². The highest BCUT2D eigenvalue weighted by atomic mass is 35.5. The van der Waals surface area contributed by atoms with Crippen LogP contribution in [0.4, 0.5) is 13.2 Å². The van der Waals surface area contributed by atoms with E-state index in [2.05, 4.69) is 28.5 Å². The lowest BCUT2D eigenvalue weighted by atomic mass is 10.0. The maximum absolute atomic E-state index is 13.0. The molecule has 0 bridgehead atoms. The van der Waals surface area contributed by atoms with E-state index in [0.29, 0.717) is 0 Å². The van der Waals surface area contributed by atoms with Gasteiger partial charge in [0.05, 0.1) is 18.1 Å². The Hall–Kier alpha value is -3.58. The zero-order chi connectivity index (χ0) is 24.5. The Labute approximate surface area is 200 Å². The summed E-state index contributed by atoms with van der Waals surface area (Å²) in [6.07, 6.45) is -1.58. The molecule has 0 saturated heterocycles. The quantitative estimate of drug-likeness (QED) is 0.341. The van der Waals surface area contributed by atoms with Gasteiger partial charge in [-0.05, 0) is 60.9 Å². The predicted octanol–water partition coefficient (Wildman–Crippen LogP) is 6.76. The number of benzene rings is 3. The Kier molecular flexibility index (Phi) is 6.48. The van der Waals surface area contributed by atoms with Crippen molar-refractivity contribution in [3.8, 4) is 16.8 Å². The number of aryl methyl sites for hydroxylation is 2. The molecule has 0 saturated carbocycles. The summed E-state index contributed by atoms with van der Waals surface area (Å²) in [6.45, 7) is 3.94. The van der Waals surface area contributed by atoms with Crippen LogP contribution in [0.2, 0.25) is 5.02 Å². The van der Waals surface area contributed by atoms with Gasteiger partial charge in [-0.2, -0.15) is 13.2 Å². The van der Waals surface area contributed by atoms with Crippen molar-refractivity contribution in [2.45, 2.75) is 26.6 Å². The highest BCUT2D eigenvalue weighted by molar-refractivity contribution is 6.31. The van der Waals surface area contributed by atoms with E-state index in [1.807, 2.05) is 38.1 Å². The van der Waals surface area contributed by atoms with Gasteiger partial charge in [-0.3, -0.25) is 9.36 Å². The van der Waals surface area contributed by atoms with Gasteiger partial charge in [0.25, 0.3) is 5.91 Å². The molecule has 0 atom stereocenters. The molecule has 34 heavy (non-hydrogen) atoms. The number of rotatable bonds is 5. The molecule has 8 heteroatoms. The zero-order valence-corrected chi connectivity index (χ0v) is 19.2. The molecule has 4 nitrogen and oxygen atoms in total. The number of nitrogens with zero attached hydrogens (tertiary/aromatic N) is 2. The van der Waals surface area contributed by atoms with E-state index in [4.69, 9.17) is 11.6 Å². The van der Waals surface area contributed by atoms with Crippen LogP contribution in [0, 0.1) is 13.8 Å². The lowest BCUT2D eigenvalue weighted by Gasteiger charge is -2.13. The largest absolute Gasteiger partial charge is 0.416 e. The molecule has 4 rings (SSSR count).